The quantitative estimate of drug-likeness (QED) is 0.182. The van der Waals surface area contributed by atoms with Crippen molar-refractivity contribution in [2.75, 3.05) is 0 Å². The monoisotopic (exact) mass is 725 g/mol. The molecular formula is C48H31N5OS. The van der Waals surface area contributed by atoms with Crippen molar-refractivity contribution in [2.45, 2.75) is 19.3 Å². The van der Waals surface area contributed by atoms with Crippen LogP contribution in [0.2, 0.25) is 0 Å². The molecule has 1 aliphatic carbocycles. The second-order valence-corrected chi connectivity index (χ2v) is 16.1. The molecule has 0 N–H and O–H groups in total. The van der Waals surface area contributed by atoms with Gasteiger partial charge in [0.05, 0.1) is 32.3 Å². The Labute approximate surface area is 318 Å². The molecule has 55 heavy (non-hydrogen) atoms. The van der Waals surface area contributed by atoms with Crippen LogP contribution >= 0.6 is 11.3 Å². The average Bonchev–Trinajstić information content (AvgIpc) is 3.92. The third kappa shape index (κ3) is 4.16. The number of nitrogens with zero attached hydrogens (tertiary/aromatic N) is 5. The highest BCUT2D eigenvalue weighted by Gasteiger charge is 2.36. The molecule has 12 rings (SSSR count). The van der Waals surface area contributed by atoms with E-state index < -0.39 is 0 Å². The van der Waals surface area contributed by atoms with Gasteiger partial charge >= 0.3 is 5.69 Å². The molecule has 11 aromatic rings. The van der Waals surface area contributed by atoms with Gasteiger partial charge in [-0.2, -0.15) is 9.97 Å². The van der Waals surface area contributed by atoms with E-state index in [-0.39, 0.29) is 11.1 Å². The molecule has 0 unspecified atom stereocenters. The number of aromatic nitrogens is 5. The molecule has 7 aromatic carbocycles. The number of benzene rings is 7. The van der Waals surface area contributed by atoms with Crippen molar-refractivity contribution < 1.29 is 0 Å². The minimum atomic E-state index is -0.332. The number of fused-ring (bicyclic) bond motifs is 12. The van der Waals surface area contributed by atoms with Gasteiger partial charge in [0.25, 0.3) is 0 Å². The molecule has 0 spiro atoms. The van der Waals surface area contributed by atoms with Crippen LogP contribution < -0.4 is 5.69 Å². The number of rotatable bonds is 3. The van der Waals surface area contributed by atoms with E-state index in [0.717, 1.165) is 48.8 Å². The Morgan fingerprint density at radius 2 is 1.15 bits per heavy atom. The van der Waals surface area contributed by atoms with E-state index in [4.69, 9.17) is 4.98 Å². The van der Waals surface area contributed by atoms with Gasteiger partial charge < -0.3 is 4.57 Å². The van der Waals surface area contributed by atoms with Crippen molar-refractivity contribution >= 4 is 70.1 Å². The molecule has 6 nitrogen and oxygen atoms in total. The third-order valence-electron chi connectivity index (χ3n) is 11.8. The van der Waals surface area contributed by atoms with Crippen LogP contribution in [0.4, 0.5) is 0 Å². The Hall–Kier alpha value is -6.83. The molecule has 0 fully saturated rings. The van der Waals surface area contributed by atoms with E-state index in [1.165, 1.54) is 55.4 Å². The van der Waals surface area contributed by atoms with Crippen LogP contribution in [0.25, 0.3) is 92.7 Å². The Morgan fingerprint density at radius 1 is 0.509 bits per heavy atom. The summed E-state index contributed by atoms with van der Waals surface area (Å²) in [5.74, 6) is 0.382. The van der Waals surface area contributed by atoms with Crippen molar-refractivity contribution in [3.8, 4) is 33.9 Å². The van der Waals surface area contributed by atoms with Crippen LogP contribution in [-0.4, -0.2) is 23.5 Å². The molecule has 4 heterocycles. The molecule has 1 aliphatic rings. The summed E-state index contributed by atoms with van der Waals surface area (Å²) in [6.07, 6.45) is 0. The van der Waals surface area contributed by atoms with Crippen LogP contribution in [0.15, 0.2) is 156 Å². The molecular weight excluding hydrogens is 695 g/mol. The minimum absolute atomic E-state index is 0.198. The summed E-state index contributed by atoms with van der Waals surface area (Å²) in [4.78, 5) is 24.2. The Bertz CT molecular complexity index is 3490. The van der Waals surface area contributed by atoms with Crippen LogP contribution in [0.3, 0.4) is 0 Å². The molecule has 260 valence electrons. The van der Waals surface area contributed by atoms with Gasteiger partial charge in [-0.3, -0.25) is 4.57 Å². The van der Waals surface area contributed by atoms with Crippen LogP contribution in [0.1, 0.15) is 25.0 Å². The summed E-state index contributed by atoms with van der Waals surface area (Å²) in [6, 6.07) is 54.0. The standard InChI is InChI=1S/C48H31N5OS/c1-48(2)37-16-8-6-14-31(37)33-26-36-35-25-29(28-20-22-40-34(24-28)32-15-7-9-17-39(32)51(40)30-12-4-3-5-13-30)21-23-41(35)52(43(36)27-38(33)48)45-49-46(54)53-42-18-10-11-19-44(42)55-47(53)50-45/h3-27H,1-2H3. The van der Waals surface area contributed by atoms with Crippen molar-refractivity contribution in [3.05, 3.63) is 173 Å². The molecule has 7 heteroatoms. The Kier molecular flexibility index (Phi) is 6.05. The first-order valence-electron chi connectivity index (χ1n) is 18.5. The lowest BCUT2D eigenvalue weighted by molar-refractivity contribution is 0.661. The number of thiazole rings is 1. The normalized spacial score (nSPS) is 13.5. The van der Waals surface area contributed by atoms with Gasteiger partial charge in [0.1, 0.15) is 0 Å². The highest BCUT2D eigenvalue weighted by Crippen LogP contribution is 2.51. The summed E-state index contributed by atoms with van der Waals surface area (Å²) in [7, 11) is 0. The summed E-state index contributed by atoms with van der Waals surface area (Å²) in [5.41, 5.74) is 13.1. The van der Waals surface area contributed by atoms with Crippen LogP contribution in [0.5, 0.6) is 0 Å². The van der Waals surface area contributed by atoms with Crippen molar-refractivity contribution in [2.24, 2.45) is 0 Å². The molecule has 0 aliphatic heterocycles. The maximum absolute atomic E-state index is 13.8. The topological polar surface area (TPSA) is 57.1 Å². The maximum atomic E-state index is 13.8. The summed E-state index contributed by atoms with van der Waals surface area (Å²) in [5, 5.41) is 4.62. The zero-order chi connectivity index (χ0) is 36.6. The van der Waals surface area contributed by atoms with Gasteiger partial charge in [0, 0.05) is 32.6 Å². The third-order valence-corrected chi connectivity index (χ3v) is 12.8. The second kappa shape index (κ2) is 10.9. The Morgan fingerprint density at radius 3 is 1.96 bits per heavy atom. The van der Waals surface area contributed by atoms with Crippen molar-refractivity contribution in [1.82, 2.24) is 23.5 Å². The van der Waals surface area contributed by atoms with Gasteiger partial charge in [0.15, 0.2) is 0 Å². The predicted octanol–water partition coefficient (Wildman–Crippen LogP) is 11.5. The molecule has 4 aromatic heterocycles. The molecule has 0 amide bonds. The lowest BCUT2D eigenvalue weighted by Crippen LogP contribution is -2.20. The summed E-state index contributed by atoms with van der Waals surface area (Å²) < 4.78 is 7.06. The number of para-hydroxylation sites is 3. The number of hydrogen-bond acceptors (Lipinski definition) is 4. The van der Waals surface area contributed by atoms with Crippen LogP contribution in [0, 0.1) is 0 Å². The predicted molar refractivity (Wildman–Crippen MR) is 226 cm³/mol. The number of hydrogen-bond donors (Lipinski definition) is 0. The highest BCUT2D eigenvalue weighted by atomic mass is 32.1. The Balaban J connectivity index is 1.13. The van der Waals surface area contributed by atoms with Crippen molar-refractivity contribution in [3.63, 3.8) is 0 Å². The lowest BCUT2D eigenvalue weighted by Gasteiger charge is -2.21. The molecule has 0 atom stereocenters. The fourth-order valence-corrected chi connectivity index (χ4v) is 10.2. The van der Waals surface area contributed by atoms with Gasteiger partial charge in [-0.25, -0.2) is 9.20 Å². The SMILES string of the molecule is CC1(C)c2ccccc2-c2cc3c4cc(-c5ccc6c(c5)c5ccccc5n6-c5ccccc5)ccc4n(-c4nc(=O)n5c(n4)sc4ccccc45)c3cc21. The second-order valence-electron chi connectivity index (χ2n) is 15.1. The van der Waals surface area contributed by atoms with E-state index in [9.17, 15) is 4.79 Å². The van der Waals surface area contributed by atoms with E-state index in [1.807, 2.05) is 24.3 Å². The fourth-order valence-electron chi connectivity index (χ4n) is 9.20. The van der Waals surface area contributed by atoms with Crippen LogP contribution in [-0.2, 0) is 5.41 Å². The highest BCUT2D eigenvalue weighted by molar-refractivity contribution is 7.23. The lowest BCUT2D eigenvalue weighted by atomic mass is 9.82. The first-order valence-corrected chi connectivity index (χ1v) is 19.4. The van der Waals surface area contributed by atoms with Gasteiger partial charge in [0.2, 0.25) is 10.9 Å². The van der Waals surface area contributed by atoms with E-state index in [2.05, 4.69) is 155 Å². The fraction of sp³-hybridized carbons (Fsp3) is 0.0625. The zero-order valence-electron chi connectivity index (χ0n) is 30.0. The maximum Gasteiger partial charge on any atom is 0.357 e. The largest absolute Gasteiger partial charge is 0.357 e. The minimum Gasteiger partial charge on any atom is -0.309 e. The smallest absolute Gasteiger partial charge is 0.309 e. The van der Waals surface area contributed by atoms with E-state index >= 15 is 0 Å². The van der Waals surface area contributed by atoms with Gasteiger partial charge in [-0.1, -0.05) is 110 Å². The molecule has 0 saturated heterocycles. The van der Waals surface area contributed by atoms with E-state index in [0.29, 0.717) is 10.9 Å². The molecule has 0 bridgehead atoms. The summed E-state index contributed by atoms with van der Waals surface area (Å²) >= 11 is 1.51. The summed E-state index contributed by atoms with van der Waals surface area (Å²) in [6.45, 7) is 4.59. The van der Waals surface area contributed by atoms with Gasteiger partial charge in [-0.05, 0) is 100 Å². The first-order chi connectivity index (χ1) is 26.9. The zero-order valence-corrected chi connectivity index (χ0v) is 30.8. The van der Waals surface area contributed by atoms with E-state index in [1.54, 1.807) is 4.40 Å². The van der Waals surface area contributed by atoms with Gasteiger partial charge in [-0.15, -0.1) is 0 Å². The molecule has 0 radical (unpaired) electrons. The van der Waals surface area contributed by atoms with Crippen molar-refractivity contribution in [1.29, 1.82) is 0 Å². The molecule has 0 saturated carbocycles. The first kappa shape index (κ1) is 30.6. The average molecular weight is 726 g/mol.